The average molecular weight is 227 g/mol. The maximum atomic E-state index is 6.16. The van der Waals surface area contributed by atoms with Gasteiger partial charge in [0, 0.05) is 12.7 Å². The van der Waals surface area contributed by atoms with Gasteiger partial charge >= 0.3 is 0 Å². The number of hydrogen-bond acceptors (Lipinski definition) is 3. The number of aryl methyl sites for hydroxylation is 2. The Morgan fingerprint density at radius 1 is 1.29 bits per heavy atom. The molecule has 0 aromatic carbocycles. The van der Waals surface area contributed by atoms with E-state index in [1.54, 1.807) is 12.5 Å². The van der Waals surface area contributed by atoms with Crippen molar-refractivity contribution in [1.29, 1.82) is 0 Å². The van der Waals surface area contributed by atoms with Crippen LogP contribution in [0.4, 0.5) is 5.82 Å². The first-order valence-corrected chi connectivity index (χ1v) is 5.38. The number of pyridine rings is 1. The van der Waals surface area contributed by atoms with Crippen molar-refractivity contribution in [3.63, 3.8) is 0 Å². The van der Waals surface area contributed by atoms with Crippen LogP contribution in [0.25, 0.3) is 17.0 Å². The lowest BCUT2D eigenvalue weighted by Gasteiger charge is -2.02. The second kappa shape index (κ2) is 3.35. The van der Waals surface area contributed by atoms with E-state index in [4.69, 9.17) is 5.73 Å². The van der Waals surface area contributed by atoms with Gasteiger partial charge in [0.05, 0.1) is 18.2 Å². The van der Waals surface area contributed by atoms with Crippen LogP contribution in [-0.4, -0.2) is 18.9 Å². The van der Waals surface area contributed by atoms with Gasteiger partial charge in [-0.3, -0.25) is 4.40 Å². The van der Waals surface area contributed by atoms with Gasteiger partial charge < -0.3 is 10.3 Å². The van der Waals surface area contributed by atoms with Crippen molar-refractivity contribution in [2.75, 3.05) is 5.73 Å². The maximum absolute atomic E-state index is 6.16. The third kappa shape index (κ3) is 1.32. The Morgan fingerprint density at radius 2 is 2.12 bits per heavy atom. The van der Waals surface area contributed by atoms with E-state index in [1.165, 1.54) is 0 Å². The summed E-state index contributed by atoms with van der Waals surface area (Å²) in [5.74, 6) is 0.654. The molecule has 5 heteroatoms. The second-order valence-electron chi connectivity index (χ2n) is 4.10. The summed E-state index contributed by atoms with van der Waals surface area (Å²) in [4.78, 5) is 8.64. The zero-order valence-corrected chi connectivity index (χ0v) is 9.75. The van der Waals surface area contributed by atoms with Crippen LogP contribution in [0.3, 0.4) is 0 Å². The number of imidazole rings is 2. The molecule has 3 aromatic heterocycles. The van der Waals surface area contributed by atoms with Crippen LogP contribution >= 0.6 is 0 Å². The Kier molecular flexibility index (Phi) is 1.95. The minimum atomic E-state index is 0.654. The van der Waals surface area contributed by atoms with E-state index in [0.717, 1.165) is 22.7 Å². The number of aromatic nitrogens is 4. The highest BCUT2D eigenvalue weighted by molar-refractivity contribution is 5.72. The highest BCUT2D eigenvalue weighted by Crippen LogP contribution is 2.26. The predicted molar refractivity (Wildman–Crippen MR) is 66.5 cm³/mol. The molecule has 0 amide bonds. The van der Waals surface area contributed by atoms with Crippen molar-refractivity contribution < 1.29 is 0 Å². The third-order valence-corrected chi connectivity index (χ3v) is 2.93. The van der Waals surface area contributed by atoms with Gasteiger partial charge in [-0.2, -0.15) is 0 Å². The fraction of sp³-hybridized carbons (Fsp3) is 0.167. The first-order valence-electron chi connectivity index (χ1n) is 5.38. The van der Waals surface area contributed by atoms with Crippen LogP contribution in [0.5, 0.6) is 0 Å². The smallest absolute Gasteiger partial charge is 0.139 e. The molecule has 0 radical (unpaired) electrons. The van der Waals surface area contributed by atoms with Gasteiger partial charge in [0.15, 0.2) is 0 Å². The number of nitrogens with two attached hydrogens (primary N) is 1. The fourth-order valence-electron chi connectivity index (χ4n) is 2.06. The molecule has 0 fully saturated rings. The van der Waals surface area contributed by atoms with Gasteiger partial charge in [-0.05, 0) is 19.1 Å². The summed E-state index contributed by atoms with van der Waals surface area (Å²) in [6.45, 7) is 2.01. The van der Waals surface area contributed by atoms with Crippen molar-refractivity contribution in [3.05, 3.63) is 36.4 Å². The number of hydrogen-bond donors (Lipinski definition) is 1. The molecule has 17 heavy (non-hydrogen) atoms. The van der Waals surface area contributed by atoms with E-state index in [0.29, 0.717) is 5.82 Å². The SMILES string of the molecule is Cc1cccc2nc(-c3cncn3C)c(N)n12. The number of anilines is 1. The zero-order valence-electron chi connectivity index (χ0n) is 9.75. The normalized spacial score (nSPS) is 11.2. The summed E-state index contributed by atoms with van der Waals surface area (Å²) >= 11 is 0. The Balaban J connectivity index is 2.36. The Bertz CT molecular complexity index is 692. The van der Waals surface area contributed by atoms with Crippen LogP contribution in [0.2, 0.25) is 0 Å². The lowest BCUT2D eigenvalue weighted by atomic mass is 10.3. The molecule has 86 valence electrons. The zero-order chi connectivity index (χ0) is 12.0. The minimum Gasteiger partial charge on any atom is -0.383 e. The average Bonchev–Trinajstić information content (AvgIpc) is 2.84. The maximum Gasteiger partial charge on any atom is 0.139 e. The molecule has 0 bridgehead atoms. The molecule has 3 rings (SSSR count). The molecule has 2 N–H and O–H groups in total. The van der Waals surface area contributed by atoms with Gasteiger partial charge in [-0.1, -0.05) is 6.07 Å². The first kappa shape index (κ1) is 9.89. The van der Waals surface area contributed by atoms with E-state index in [-0.39, 0.29) is 0 Å². The quantitative estimate of drug-likeness (QED) is 0.687. The molecule has 0 aliphatic rings. The van der Waals surface area contributed by atoms with Crippen LogP contribution in [0.1, 0.15) is 5.69 Å². The molecule has 0 saturated heterocycles. The molecule has 3 heterocycles. The Labute approximate surface area is 98.5 Å². The lowest BCUT2D eigenvalue weighted by Crippen LogP contribution is -1.98. The van der Waals surface area contributed by atoms with Crippen molar-refractivity contribution in [1.82, 2.24) is 18.9 Å². The summed E-state index contributed by atoms with van der Waals surface area (Å²) in [5, 5.41) is 0. The second-order valence-corrected chi connectivity index (χ2v) is 4.10. The molecule has 0 atom stereocenters. The minimum absolute atomic E-state index is 0.654. The molecular weight excluding hydrogens is 214 g/mol. The van der Waals surface area contributed by atoms with E-state index in [1.807, 2.05) is 41.1 Å². The van der Waals surface area contributed by atoms with Gasteiger partial charge in [0.25, 0.3) is 0 Å². The van der Waals surface area contributed by atoms with Crippen LogP contribution in [-0.2, 0) is 7.05 Å². The standard InChI is InChI=1S/C12H13N5/c1-8-4-3-5-10-15-11(12(13)17(8)10)9-6-14-7-16(9)2/h3-7H,13H2,1-2H3. The molecule has 5 nitrogen and oxygen atoms in total. The van der Waals surface area contributed by atoms with E-state index >= 15 is 0 Å². The monoisotopic (exact) mass is 227 g/mol. The molecule has 0 aliphatic heterocycles. The van der Waals surface area contributed by atoms with Crippen molar-refractivity contribution in [2.24, 2.45) is 7.05 Å². The largest absolute Gasteiger partial charge is 0.383 e. The van der Waals surface area contributed by atoms with Gasteiger partial charge in [0.1, 0.15) is 17.2 Å². The molecule has 0 aliphatic carbocycles. The highest BCUT2D eigenvalue weighted by Gasteiger charge is 2.14. The molecule has 3 aromatic rings. The fourth-order valence-corrected chi connectivity index (χ4v) is 2.06. The third-order valence-electron chi connectivity index (χ3n) is 2.93. The molecule has 0 unspecified atom stereocenters. The number of fused-ring (bicyclic) bond motifs is 1. The topological polar surface area (TPSA) is 61.1 Å². The Hall–Kier alpha value is -2.30. The molecule has 0 saturated carbocycles. The number of nitrogens with zero attached hydrogens (tertiary/aromatic N) is 4. The van der Waals surface area contributed by atoms with Crippen molar-refractivity contribution in [2.45, 2.75) is 6.92 Å². The lowest BCUT2D eigenvalue weighted by molar-refractivity contribution is 0.918. The number of rotatable bonds is 1. The summed E-state index contributed by atoms with van der Waals surface area (Å²) in [6.07, 6.45) is 3.51. The Morgan fingerprint density at radius 3 is 2.76 bits per heavy atom. The van der Waals surface area contributed by atoms with Crippen LogP contribution in [0, 0.1) is 6.92 Å². The first-order chi connectivity index (χ1) is 8.18. The van der Waals surface area contributed by atoms with E-state index < -0.39 is 0 Å². The van der Waals surface area contributed by atoms with E-state index in [9.17, 15) is 0 Å². The summed E-state index contributed by atoms with van der Waals surface area (Å²) < 4.78 is 3.86. The molecule has 0 spiro atoms. The summed E-state index contributed by atoms with van der Waals surface area (Å²) in [5.41, 5.74) is 9.79. The van der Waals surface area contributed by atoms with Crippen LogP contribution in [0.15, 0.2) is 30.7 Å². The summed E-state index contributed by atoms with van der Waals surface area (Å²) in [6, 6.07) is 5.94. The number of nitrogen functional groups attached to an aromatic ring is 1. The van der Waals surface area contributed by atoms with Gasteiger partial charge in [-0.25, -0.2) is 9.97 Å². The van der Waals surface area contributed by atoms with Gasteiger partial charge in [-0.15, -0.1) is 0 Å². The van der Waals surface area contributed by atoms with E-state index in [2.05, 4.69) is 9.97 Å². The van der Waals surface area contributed by atoms with Crippen molar-refractivity contribution in [3.8, 4) is 11.4 Å². The van der Waals surface area contributed by atoms with Crippen molar-refractivity contribution >= 4 is 11.5 Å². The van der Waals surface area contributed by atoms with Crippen LogP contribution < -0.4 is 5.73 Å². The molecular formula is C12H13N5. The predicted octanol–water partition coefficient (Wildman–Crippen LogP) is 1.63. The van der Waals surface area contributed by atoms with Gasteiger partial charge in [0.2, 0.25) is 0 Å². The summed E-state index contributed by atoms with van der Waals surface area (Å²) in [7, 11) is 1.93. The highest BCUT2D eigenvalue weighted by atomic mass is 15.1.